The van der Waals surface area contributed by atoms with Gasteiger partial charge in [0.25, 0.3) is 5.91 Å². The second kappa shape index (κ2) is 11.8. The van der Waals surface area contributed by atoms with Gasteiger partial charge in [0.15, 0.2) is 22.9 Å². The zero-order chi connectivity index (χ0) is 27.6. The van der Waals surface area contributed by atoms with E-state index in [1.54, 1.807) is 24.1 Å². The van der Waals surface area contributed by atoms with Crippen molar-refractivity contribution >= 4 is 44.4 Å². The zero-order valence-corrected chi connectivity index (χ0v) is 23.3. The summed E-state index contributed by atoms with van der Waals surface area (Å²) in [5, 5.41) is 5.97. The van der Waals surface area contributed by atoms with Crippen LogP contribution in [0.5, 0.6) is 0 Å². The number of nitrogens with one attached hydrogen (secondary N) is 2. The highest BCUT2D eigenvalue weighted by Crippen LogP contribution is 2.34. The number of benzene rings is 2. The molecule has 38 heavy (non-hydrogen) atoms. The average molecular weight is 593 g/mol. The van der Waals surface area contributed by atoms with E-state index in [0.29, 0.717) is 47.9 Å². The Morgan fingerprint density at radius 2 is 2.00 bits per heavy atom. The maximum Gasteiger partial charge on any atom is 0.251 e. The molecule has 1 amide bonds. The third-order valence-electron chi connectivity index (χ3n) is 6.45. The molecule has 2 unspecified atom stereocenters. The van der Waals surface area contributed by atoms with Gasteiger partial charge in [-0.25, -0.2) is 8.78 Å². The molecule has 8 nitrogen and oxygen atoms in total. The minimum Gasteiger partial charge on any atom is -0.440 e. The van der Waals surface area contributed by atoms with Gasteiger partial charge in [0.1, 0.15) is 11.7 Å². The molecule has 0 saturated carbocycles. The first-order valence-electron chi connectivity index (χ1n) is 12.3. The Balaban J connectivity index is 1.68. The first kappa shape index (κ1) is 28.0. The summed E-state index contributed by atoms with van der Waals surface area (Å²) >= 11 is 3.56. The van der Waals surface area contributed by atoms with Crippen LogP contribution in [0, 0.1) is 11.6 Å². The molecule has 0 bridgehead atoms. The van der Waals surface area contributed by atoms with Crippen molar-refractivity contribution in [2.24, 2.45) is 0 Å². The maximum absolute atomic E-state index is 14.7. The lowest BCUT2D eigenvalue weighted by atomic mass is 10.0. The fourth-order valence-corrected chi connectivity index (χ4v) is 4.72. The lowest BCUT2D eigenvalue weighted by Gasteiger charge is -2.34. The first-order chi connectivity index (χ1) is 18.1. The number of morpholine rings is 1. The Bertz CT molecular complexity index is 1400. The van der Waals surface area contributed by atoms with Crippen molar-refractivity contribution < 1.29 is 22.7 Å². The number of halogens is 3. The molecule has 2 heterocycles. The standard InChI is InChI=1S/C27H31BrF2N4O4/c1-15(28)18-9-16(27(36)32-5-6-33(3)4)10-19-22(35)13-24(38-26(18)19)34-7-8-37-23(14-34)20-11-17(31-2)12-21(29)25(20)30/h9-13,15,23,31H,5-8,14H2,1-4H3,(H,32,36). The minimum absolute atomic E-state index is 0.0851. The molecule has 0 radical (unpaired) electrons. The molecule has 2 N–H and O–H groups in total. The molecule has 11 heteroatoms. The van der Waals surface area contributed by atoms with Gasteiger partial charge in [0, 0.05) is 66.0 Å². The number of anilines is 2. The molecular formula is C27H31BrF2N4O4. The Hall–Kier alpha value is -3.02. The molecule has 0 aliphatic carbocycles. The van der Waals surface area contributed by atoms with Gasteiger partial charge < -0.3 is 29.6 Å². The number of likely N-dealkylation sites (N-methyl/N-ethyl adjacent to an activating group) is 1. The number of ether oxygens (including phenoxy) is 1. The predicted molar refractivity (Wildman–Crippen MR) is 148 cm³/mol. The summed E-state index contributed by atoms with van der Waals surface area (Å²) in [6.45, 7) is 3.81. The van der Waals surface area contributed by atoms with Gasteiger partial charge in [0.2, 0.25) is 0 Å². The number of carbonyl (C=O) groups is 1. The van der Waals surface area contributed by atoms with Crippen molar-refractivity contribution in [1.82, 2.24) is 10.2 Å². The van der Waals surface area contributed by atoms with E-state index in [0.717, 1.165) is 6.07 Å². The number of hydrogen-bond acceptors (Lipinski definition) is 7. The third-order valence-corrected chi connectivity index (χ3v) is 6.94. The van der Waals surface area contributed by atoms with Gasteiger partial charge in [-0.2, -0.15) is 0 Å². The number of nitrogens with zero attached hydrogens (tertiary/aromatic N) is 2. The third kappa shape index (κ3) is 6.00. The average Bonchev–Trinajstić information content (AvgIpc) is 2.89. The number of fused-ring (bicyclic) bond motifs is 1. The van der Waals surface area contributed by atoms with Crippen molar-refractivity contribution in [2.75, 3.05) is 64.1 Å². The Morgan fingerprint density at radius 3 is 2.68 bits per heavy atom. The van der Waals surface area contributed by atoms with Gasteiger partial charge >= 0.3 is 0 Å². The van der Waals surface area contributed by atoms with Crippen LogP contribution in [0.2, 0.25) is 0 Å². The molecule has 0 spiro atoms. The van der Waals surface area contributed by atoms with Crippen LogP contribution in [0.15, 0.2) is 39.5 Å². The van der Waals surface area contributed by atoms with Crippen LogP contribution in [0.4, 0.5) is 20.4 Å². The van der Waals surface area contributed by atoms with E-state index in [1.807, 2.05) is 25.9 Å². The Morgan fingerprint density at radius 1 is 1.24 bits per heavy atom. The largest absolute Gasteiger partial charge is 0.440 e. The Kier molecular flexibility index (Phi) is 8.69. The highest BCUT2D eigenvalue weighted by atomic mass is 79.9. The minimum atomic E-state index is -0.970. The highest BCUT2D eigenvalue weighted by Gasteiger charge is 2.28. The summed E-state index contributed by atoms with van der Waals surface area (Å²) in [5.41, 5.74) is 1.58. The summed E-state index contributed by atoms with van der Waals surface area (Å²) < 4.78 is 40.8. The molecule has 1 fully saturated rings. The summed E-state index contributed by atoms with van der Waals surface area (Å²) in [5.74, 6) is -1.93. The van der Waals surface area contributed by atoms with Crippen molar-refractivity contribution in [3.8, 4) is 0 Å². The van der Waals surface area contributed by atoms with Crippen molar-refractivity contribution in [3.63, 3.8) is 0 Å². The molecule has 204 valence electrons. The second-order valence-corrected chi connectivity index (χ2v) is 10.9. The summed E-state index contributed by atoms with van der Waals surface area (Å²) in [4.78, 5) is 29.5. The second-order valence-electron chi connectivity index (χ2n) is 9.48. The summed E-state index contributed by atoms with van der Waals surface area (Å²) in [7, 11) is 5.45. The van der Waals surface area contributed by atoms with Crippen molar-refractivity contribution in [1.29, 1.82) is 0 Å². The van der Waals surface area contributed by atoms with E-state index in [4.69, 9.17) is 9.15 Å². The smallest absolute Gasteiger partial charge is 0.251 e. The molecule has 1 saturated heterocycles. The monoisotopic (exact) mass is 592 g/mol. The number of alkyl halides is 1. The molecular weight excluding hydrogens is 562 g/mol. The molecule has 1 aliphatic heterocycles. The lowest BCUT2D eigenvalue weighted by Crippen LogP contribution is -2.39. The van der Waals surface area contributed by atoms with Crippen LogP contribution in [-0.2, 0) is 4.74 Å². The van der Waals surface area contributed by atoms with Gasteiger partial charge in [-0.3, -0.25) is 9.59 Å². The van der Waals surface area contributed by atoms with Crippen molar-refractivity contribution in [3.05, 3.63) is 68.9 Å². The summed E-state index contributed by atoms with van der Waals surface area (Å²) in [6, 6.07) is 7.21. The molecule has 3 aromatic rings. The van der Waals surface area contributed by atoms with Crippen LogP contribution in [0.3, 0.4) is 0 Å². The predicted octanol–water partition coefficient (Wildman–Crippen LogP) is 4.44. The Labute approximate surface area is 228 Å². The number of amides is 1. The van der Waals surface area contributed by atoms with Gasteiger partial charge in [-0.05, 0) is 39.2 Å². The molecule has 2 atom stereocenters. The van der Waals surface area contributed by atoms with E-state index in [1.165, 1.54) is 12.1 Å². The fraction of sp³-hybridized carbons (Fsp3) is 0.407. The van der Waals surface area contributed by atoms with Crippen LogP contribution in [-0.4, -0.2) is 64.7 Å². The highest BCUT2D eigenvalue weighted by molar-refractivity contribution is 9.09. The number of hydrogen-bond donors (Lipinski definition) is 2. The van der Waals surface area contributed by atoms with Crippen LogP contribution < -0.4 is 21.0 Å². The van der Waals surface area contributed by atoms with Gasteiger partial charge in [-0.1, -0.05) is 15.9 Å². The van der Waals surface area contributed by atoms with Crippen LogP contribution in [0.1, 0.15) is 39.3 Å². The molecule has 1 aromatic heterocycles. The molecule has 4 rings (SSSR count). The van der Waals surface area contributed by atoms with Crippen molar-refractivity contribution in [2.45, 2.75) is 17.9 Å². The SMILES string of the molecule is CNc1cc(F)c(F)c(C2CN(c3cc(=O)c4cc(C(=O)NCCN(C)C)cc(C(C)Br)c4o3)CCO2)c1. The van der Waals surface area contributed by atoms with Crippen LogP contribution >= 0.6 is 15.9 Å². The number of carbonyl (C=O) groups excluding carboxylic acids is 1. The van der Waals surface area contributed by atoms with E-state index in [9.17, 15) is 18.4 Å². The first-order valence-corrected chi connectivity index (χ1v) is 13.2. The van der Waals surface area contributed by atoms with E-state index >= 15 is 0 Å². The lowest BCUT2D eigenvalue weighted by molar-refractivity contribution is 0.0358. The van der Waals surface area contributed by atoms with Gasteiger partial charge in [0.05, 0.1) is 18.5 Å². The van der Waals surface area contributed by atoms with E-state index in [-0.39, 0.29) is 40.3 Å². The van der Waals surface area contributed by atoms with E-state index < -0.39 is 17.7 Å². The quantitative estimate of drug-likeness (QED) is 0.374. The zero-order valence-electron chi connectivity index (χ0n) is 21.7. The van der Waals surface area contributed by atoms with Gasteiger partial charge in [-0.15, -0.1) is 0 Å². The molecule has 1 aliphatic rings. The topological polar surface area (TPSA) is 87.1 Å². The van der Waals surface area contributed by atoms with Crippen LogP contribution in [0.25, 0.3) is 11.0 Å². The van der Waals surface area contributed by atoms with E-state index in [2.05, 4.69) is 26.6 Å². The summed E-state index contributed by atoms with van der Waals surface area (Å²) in [6.07, 6.45) is -0.768. The normalized spacial score (nSPS) is 16.6. The number of rotatable bonds is 8. The fourth-order valence-electron chi connectivity index (χ4n) is 4.38. The maximum atomic E-state index is 14.7. The molecule has 2 aromatic carbocycles.